The summed E-state index contributed by atoms with van der Waals surface area (Å²) < 4.78 is 22.5. The predicted octanol–water partition coefficient (Wildman–Crippen LogP) is 1.69. The molecule has 1 N–H and O–H groups in total. The molecule has 2 atom stereocenters. The van der Waals surface area contributed by atoms with Crippen LogP contribution in [0.5, 0.6) is 0 Å². The Morgan fingerprint density at radius 3 is 2.57 bits per heavy atom. The van der Waals surface area contributed by atoms with Gasteiger partial charge in [0.1, 0.15) is 11.9 Å². The summed E-state index contributed by atoms with van der Waals surface area (Å²) in [6.07, 6.45) is 0.656. The highest BCUT2D eigenvalue weighted by atomic mass is 19.1. The minimum atomic E-state index is -0.821. The molecule has 0 fully saturated rings. The topological polar surface area (TPSA) is 81.7 Å². The molecule has 0 heterocycles. The van der Waals surface area contributed by atoms with Crippen molar-refractivity contribution in [1.29, 1.82) is 0 Å². The van der Waals surface area contributed by atoms with Crippen molar-refractivity contribution in [3.05, 3.63) is 35.6 Å². The molecule has 6 nitrogen and oxygen atoms in total. The fraction of sp³-hybridized carbons (Fsp3) is 0.438. The number of hydrogen-bond donors (Lipinski definition) is 1. The van der Waals surface area contributed by atoms with Crippen molar-refractivity contribution in [2.45, 2.75) is 26.3 Å². The summed E-state index contributed by atoms with van der Waals surface area (Å²) in [5.41, 5.74) is 0.00393. The first-order valence-corrected chi connectivity index (χ1v) is 7.18. The summed E-state index contributed by atoms with van der Waals surface area (Å²) in [6, 6.07) is 4.13. The molecule has 0 saturated carbocycles. The predicted molar refractivity (Wildman–Crippen MR) is 80.1 cm³/mol. The van der Waals surface area contributed by atoms with Gasteiger partial charge in [0.15, 0.2) is 6.61 Å². The van der Waals surface area contributed by atoms with Gasteiger partial charge in [-0.05, 0) is 24.1 Å². The summed E-state index contributed by atoms with van der Waals surface area (Å²) >= 11 is 0. The molecule has 0 aromatic heterocycles. The lowest BCUT2D eigenvalue weighted by Gasteiger charge is -2.21. The van der Waals surface area contributed by atoms with Gasteiger partial charge in [0.25, 0.3) is 5.91 Å². The van der Waals surface area contributed by atoms with E-state index >= 15 is 0 Å². The van der Waals surface area contributed by atoms with Crippen molar-refractivity contribution in [2.75, 3.05) is 13.7 Å². The second-order valence-electron chi connectivity index (χ2n) is 5.04. The molecule has 1 rings (SSSR count). The van der Waals surface area contributed by atoms with Crippen LogP contribution in [0.4, 0.5) is 4.39 Å². The Labute approximate surface area is 134 Å². The molecular formula is C16H20FNO5. The lowest BCUT2D eigenvalue weighted by molar-refractivity contribution is -0.147. The quantitative estimate of drug-likeness (QED) is 0.772. The number of carbonyl (C=O) groups excluding carboxylic acids is 3. The van der Waals surface area contributed by atoms with Crippen LogP contribution in [-0.2, 0) is 19.1 Å². The van der Waals surface area contributed by atoms with Gasteiger partial charge in [0.05, 0.1) is 12.7 Å². The third kappa shape index (κ3) is 5.69. The van der Waals surface area contributed by atoms with E-state index in [-0.39, 0.29) is 11.5 Å². The third-order valence-corrected chi connectivity index (χ3v) is 3.38. The Morgan fingerprint density at radius 1 is 1.30 bits per heavy atom. The molecular weight excluding hydrogens is 305 g/mol. The van der Waals surface area contributed by atoms with Gasteiger partial charge in [0.2, 0.25) is 0 Å². The van der Waals surface area contributed by atoms with Gasteiger partial charge in [-0.2, -0.15) is 0 Å². The molecule has 0 radical (unpaired) electrons. The first-order chi connectivity index (χ1) is 10.9. The van der Waals surface area contributed by atoms with Crippen LogP contribution in [0, 0.1) is 11.7 Å². The second kappa shape index (κ2) is 8.87. The summed E-state index contributed by atoms with van der Waals surface area (Å²) in [5, 5.41) is 2.47. The van der Waals surface area contributed by atoms with E-state index in [2.05, 4.69) is 10.1 Å². The Kier molecular flexibility index (Phi) is 7.18. The monoisotopic (exact) mass is 325 g/mol. The third-order valence-electron chi connectivity index (χ3n) is 3.38. The molecule has 0 unspecified atom stereocenters. The van der Waals surface area contributed by atoms with Gasteiger partial charge in [-0.15, -0.1) is 0 Å². The fourth-order valence-electron chi connectivity index (χ4n) is 1.84. The maximum absolute atomic E-state index is 13.0. The van der Waals surface area contributed by atoms with Gasteiger partial charge in [-0.25, -0.2) is 14.0 Å². The van der Waals surface area contributed by atoms with Crippen LogP contribution < -0.4 is 5.32 Å². The zero-order chi connectivity index (χ0) is 17.4. The van der Waals surface area contributed by atoms with Gasteiger partial charge >= 0.3 is 11.9 Å². The number of rotatable bonds is 7. The number of halogens is 1. The van der Waals surface area contributed by atoms with Crippen molar-refractivity contribution >= 4 is 17.8 Å². The number of benzene rings is 1. The van der Waals surface area contributed by atoms with Gasteiger partial charge in [-0.3, -0.25) is 4.79 Å². The zero-order valence-electron chi connectivity index (χ0n) is 13.3. The van der Waals surface area contributed by atoms with E-state index in [4.69, 9.17) is 4.74 Å². The van der Waals surface area contributed by atoms with Crippen molar-refractivity contribution in [3.8, 4) is 0 Å². The van der Waals surface area contributed by atoms with E-state index < -0.39 is 36.3 Å². The van der Waals surface area contributed by atoms with Gasteiger partial charge in [0, 0.05) is 0 Å². The van der Waals surface area contributed by atoms with Crippen LogP contribution in [0.3, 0.4) is 0 Å². The van der Waals surface area contributed by atoms with E-state index in [0.29, 0.717) is 6.42 Å². The Bertz CT molecular complexity index is 575. The highest BCUT2D eigenvalue weighted by molar-refractivity contribution is 5.92. The molecule has 23 heavy (non-hydrogen) atoms. The number of ether oxygens (including phenoxy) is 2. The van der Waals surface area contributed by atoms with Gasteiger partial charge < -0.3 is 14.8 Å². The number of carbonyl (C=O) groups is 3. The van der Waals surface area contributed by atoms with E-state index in [1.807, 2.05) is 6.92 Å². The summed E-state index contributed by atoms with van der Waals surface area (Å²) in [4.78, 5) is 35.2. The summed E-state index contributed by atoms with van der Waals surface area (Å²) in [7, 11) is 1.23. The number of hydrogen-bond acceptors (Lipinski definition) is 5. The SMILES string of the molecule is CC[C@@H](C)[C@@H](NC(=O)COC(=O)c1cccc(F)c1)C(=O)OC. The van der Waals surface area contributed by atoms with Crippen molar-refractivity contribution in [2.24, 2.45) is 5.92 Å². The molecule has 7 heteroatoms. The Balaban J connectivity index is 2.58. The highest BCUT2D eigenvalue weighted by Gasteiger charge is 2.27. The highest BCUT2D eigenvalue weighted by Crippen LogP contribution is 2.09. The minimum absolute atomic E-state index is 0.00393. The molecule has 1 aromatic rings. The van der Waals surface area contributed by atoms with Crippen molar-refractivity contribution in [3.63, 3.8) is 0 Å². The molecule has 1 aromatic carbocycles. The largest absolute Gasteiger partial charge is 0.467 e. The molecule has 126 valence electrons. The average molecular weight is 325 g/mol. The van der Waals surface area contributed by atoms with Crippen LogP contribution in [0.25, 0.3) is 0 Å². The summed E-state index contributed by atoms with van der Waals surface area (Å²) in [6.45, 7) is 3.09. The summed E-state index contributed by atoms with van der Waals surface area (Å²) in [5.74, 6) is -2.73. The Morgan fingerprint density at radius 2 is 2.00 bits per heavy atom. The lowest BCUT2D eigenvalue weighted by atomic mass is 9.99. The lowest BCUT2D eigenvalue weighted by Crippen LogP contribution is -2.47. The number of nitrogens with one attached hydrogen (secondary N) is 1. The number of amides is 1. The number of esters is 2. The first-order valence-electron chi connectivity index (χ1n) is 7.18. The maximum Gasteiger partial charge on any atom is 0.338 e. The van der Waals surface area contributed by atoms with E-state index in [1.165, 1.54) is 25.3 Å². The molecule has 0 aliphatic rings. The Hall–Kier alpha value is -2.44. The minimum Gasteiger partial charge on any atom is -0.467 e. The average Bonchev–Trinajstić information content (AvgIpc) is 2.56. The van der Waals surface area contributed by atoms with Crippen LogP contribution in [0.1, 0.15) is 30.6 Å². The molecule has 0 bridgehead atoms. The molecule has 0 saturated heterocycles. The van der Waals surface area contributed by atoms with Crippen LogP contribution in [-0.4, -0.2) is 37.6 Å². The molecule has 1 amide bonds. The zero-order valence-corrected chi connectivity index (χ0v) is 13.3. The fourth-order valence-corrected chi connectivity index (χ4v) is 1.84. The van der Waals surface area contributed by atoms with Crippen LogP contribution in [0.15, 0.2) is 24.3 Å². The standard InChI is InChI=1S/C16H20FNO5/c1-4-10(2)14(16(21)22-3)18-13(19)9-23-15(20)11-6-5-7-12(17)8-11/h5-8,10,14H,4,9H2,1-3H3,(H,18,19)/t10-,14-/m1/s1. The van der Waals surface area contributed by atoms with E-state index in [1.54, 1.807) is 6.92 Å². The molecule has 0 spiro atoms. The molecule has 0 aliphatic heterocycles. The van der Waals surface area contributed by atoms with Crippen molar-refractivity contribution < 1.29 is 28.2 Å². The normalized spacial score (nSPS) is 12.9. The van der Waals surface area contributed by atoms with Gasteiger partial charge in [-0.1, -0.05) is 26.3 Å². The maximum atomic E-state index is 13.0. The van der Waals surface area contributed by atoms with Crippen LogP contribution >= 0.6 is 0 Å². The first kappa shape index (κ1) is 18.6. The smallest absolute Gasteiger partial charge is 0.338 e. The number of methoxy groups -OCH3 is 1. The van der Waals surface area contributed by atoms with E-state index in [0.717, 1.165) is 6.07 Å². The molecule has 0 aliphatic carbocycles. The second-order valence-corrected chi connectivity index (χ2v) is 5.04. The van der Waals surface area contributed by atoms with E-state index in [9.17, 15) is 18.8 Å². The van der Waals surface area contributed by atoms with Crippen LogP contribution in [0.2, 0.25) is 0 Å². The van der Waals surface area contributed by atoms with Crippen molar-refractivity contribution in [1.82, 2.24) is 5.32 Å².